The van der Waals surface area contributed by atoms with E-state index in [0.717, 1.165) is 11.1 Å². The molecule has 0 spiro atoms. The number of amides is 4. The van der Waals surface area contributed by atoms with E-state index in [1.807, 2.05) is 60.7 Å². The lowest BCUT2D eigenvalue weighted by atomic mass is 9.90. The molecule has 12 heteroatoms. The Labute approximate surface area is 303 Å². The molecule has 6 atom stereocenters. The van der Waals surface area contributed by atoms with Crippen molar-refractivity contribution in [3.8, 4) is 11.5 Å². The van der Waals surface area contributed by atoms with Gasteiger partial charge in [0.05, 0.1) is 12.1 Å². The Morgan fingerprint density at radius 2 is 0.904 bits per heavy atom. The lowest BCUT2D eigenvalue weighted by Gasteiger charge is -2.34. The van der Waals surface area contributed by atoms with Crippen LogP contribution >= 0.6 is 0 Å². The van der Waals surface area contributed by atoms with Crippen molar-refractivity contribution in [1.82, 2.24) is 21.3 Å². The molecule has 6 N–H and O–H groups in total. The van der Waals surface area contributed by atoms with Gasteiger partial charge in [-0.05, 0) is 61.1 Å². The normalized spacial score (nSPS) is 14.4. The number of benzene rings is 4. The fourth-order valence-corrected chi connectivity index (χ4v) is 5.46. The summed E-state index contributed by atoms with van der Waals surface area (Å²) in [4.78, 5) is 52.4. The number of aliphatic hydroxyl groups is 2. The van der Waals surface area contributed by atoms with Crippen LogP contribution in [0.4, 0.5) is 9.59 Å². The third-order valence-corrected chi connectivity index (χ3v) is 8.28. The second-order valence-corrected chi connectivity index (χ2v) is 12.7. The second kappa shape index (κ2) is 19.6. The van der Waals surface area contributed by atoms with E-state index in [-0.39, 0.29) is 12.8 Å². The highest BCUT2D eigenvalue weighted by atomic mass is 16.6. The molecule has 52 heavy (non-hydrogen) atoms. The van der Waals surface area contributed by atoms with Gasteiger partial charge in [-0.1, -0.05) is 111 Å². The van der Waals surface area contributed by atoms with Crippen LogP contribution in [0.25, 0.3) is 0 Å². The highest BCUT2D eigenvalue weighted by Crippen LogP contribution is 2.17. The fourth-order valence-electron chi connectivity index (χ4n) is 5.46. The molecule has 0 unspecified atom stereocenters. The summed E-state index contributed by atoms with van der Waals surface area (Å²) >= 11 is 0. The third kappa shape index (κ3) is 12.3. The highest BCUT2D eigenvalue weighted by molar-refractivity contribution is 5.91. The molecule has 12 nitrogen and oxygen atoms in total. The Morgan fingerprint density at radius 3 is 1.33 bits per heavy atom. The number of hydrogen-bond acceptors (Lipinski definition) is 8. The number of carbonyl (C=O) groups is 4. The van der Waals surface area contributed by atoms with Crippen LogP contribution < -0.4 is 30.7 Å². The highest BCUT2D eigenvalue weighted by Gasteiger charge is 2.37. The Hall–Kier alpha value is -5.72. The zero-order valence-electron chi connectivity index (χ0n) is 29.3. The van der Waals surface area contributed by atoms with Gasteiger partial charge in [0.15, 0.2) is 0 Å². The monoisotopic (exact) mass is 710 g/mol. The van der Waals surface area contributed by atoms with Crippen LogP contribution in [-0.4, -0.2) is 70.6 Å². The van der Waals surface area contributed by atoms with E-state index in [9.17, 15) is 29.4 Å². The van der Waals surface area contributed by atoms with E-state index < -0.39 is 66.3 Å². The minimum atomic E-state index is -1.59. The predicted molar refractivity (Wildman–Crippen MR) is 195 cm³/mol. The van der Waals surface area contributed by atoms with Crippen molar-refractivity contribution in [2.45, 2.75) is 70.0 Å². The number of carbonyl (C=O) groups excluding carboxylic acids is 4. The van der Waals surface area contributed by atoms with Gasteiger partial charge < -0.3 is 41.0 Å². The number of hydrogen-bond donors (Lipinski definition) is 6. The first-order chi connectivity index (χ1) is 25.0. The molecule has 0 aromatic heterocycles. The number of aliphatic hydroxyl groups excluding tert-OH is 2. The summed E-state index contributed by atoms with van der Waals surface area (Å²) in [5.41, 5.74) is 1.54. The Morgan fingerprint density at radius 1 is 0.519 bits per heavy atom. The minimum Gasteiger partial charge on any atom is -0.410 e. The largest absolute Gasteiger partial charge is 0.413 e. The van der Waals surface area contributed by atoms with Crippen molar-refractivity contribution in [1.29, 1.82) is 0 Å². The average Bonchev–Trinajstić information content (AvgIpc) is 3.14. The van der Waals surface area contributed by atoms with E-state index >= 15 is 0 Å². The molecular weight excluding hydrogens is 664 g/mol. The molecule has 0 aliphatic rings. The standard InChI is InChI=1S/C40H46N4O8/c1-26(2)34(44-37(47)27(3)41-39(49)51-30-20-12-6-13-21-30)38(48)42-32(24-28-16-8-4-9-17-28)35(45)36(46)33(25-29-18-10-5-11-19-29)43-40(50)52-31-22-14-7-15-23-31/h4-23,26-27,32-36,45-46H,24-25H2,1-3H3,(H,41,49)(H,42,48)(H,43,50)(H,44,47)/t27-,32-,33-,34-,35+,36+/m0/s1. The van der Waals surface area contributed by atoms with Crippen molar-refractivity contribution in [2.24, 2.45) is 5.92 Å². The van der Waals surface area contributed by atoms with E-state index in [1.54, 1.807) is 74.5 Å². The minimum absolute atomic E-state index is 0.110. The van der Waals surface area contributed by atoms with Crippen molar-refractivity contribution >= 4 is 24.0 Å². The van der Waals surface area contributed by atoms with Crippen LogP contribution in [0.3, 0.4) is 0 Å². The van der Waals surface area contributed by atoms with Crippen LogP contribution in [-0.2, 0) is 22.4 Å². The summed E-state index contributed by atoms with van der Waals surface area (Å²) in [5, 5.41) is 34.1. The van der Waals surface area contributed by atoms with Crippen LogP contribution in [0, 0.1) is 5.92 Å². The molecule has 0 saturated heterocycles. The van der Waals surface area contributed by atoms with Crippen molar-refractivity contribution < 1.29 is 38.9 Å². The molecule has 0 bridgehead atoms. The van der Waals surface area contributed by atoms with Gasteiger partial charge in [-0.25, -0.2) is 9.59 Å². The SMILES string of the molecule is CC(C)[C@H](NC(=O)[C@H](C)NC(=O)Oc1ccccc1)C(=O)N[C@@H](Cc1ccccc1)[C@@H](O)[C@H](O)[C@H](Cc1ccccc1)NC(=O)Oc1ccccc1. The average molecular weight is 711 g/mol. The first-order valence-electron chi connectivity index (χ1n) is 17.1. The molecule has 4 aromatic rings. The van der Waals surface area contributed by atoms with Gasteiger partial charge in [-0.3, -0.25) is 9.59 Å². The molecule has 0 aliphatic heterocycles. The zero-order valence-corrected chi connectivity index (χ0v) is 29.3. The summed E-state index contributed by atoms with van der Waals surface area (Å²) < 4.78 is 10.6. The van der Waals surface area contributed by atoms with Crippen LogP contribution in [0.1, 0.15) is 31.9 Å². The Balaban J connectivity index is 1.50. The van der Waals surface area contributed by atoms with Crippen LogP contribution in [0.5, 0.6) is 11.5 Å². The molecule has 4 amide bonds. The summed E-state index contributed by atoms with van der Waals surface area (Å²) in [5.74, 6) is -1.07. The van der Waals surface area contributed by atoms with Crippen molar-refractivity contribution in [3.63, 3.8) is 0 Å². The summed E-state index contributed by atoms with van der Waals surface area (Å²) in [6.07, 6.45) is -4.60. The number of ether oxygens (including phenoxy) is 2. The van der Waals surface area contributed by atoms with Gasteiger partial charge in [-0.15, -0.1) is 0 Å². The van der Waals surface area contributed by atoms with E-state index in [2.05, 4.69) is 21.3 Å². The van der Waals surface area contributed by atoms with E-state index in [4.69, 9.17) is 9.47 Å². The van der Waals surface area contributed by atoms with Gasteiger partial charge in [0.25, 0.3) is 0 Å². The van der Waals surface area contributed by atoms with E-state index in [0.29, 0.717) is 11.5 Å². The summed E-state index contributed by atoms with van der Waals surface area (Å²) in [7, 11) is 0. The van der Waals surface area contributed by atoms with Crippen LogP contribution in [0.15, 0.2) is 121 Å². The maximum Gasteiger partial charge on any atom is 0.413 e. The lowest BCUT2D eigenvalue weighted by molar-refractivity contribution is -0.132. The third-order valence-electron chi connectivity index (χ3n) is 8.28. The first-order valence-corrected chi connectivity index (χ1v) is 17.1. The zero-order chi connectivity index (χ0) is 37.5. The van der Waals surface area contributed by atoms with E-state index in [1.165, 1.54) is 6.92 Å². The molecule has 4 rings (SSSR count). The number of nitrogens with one attached hydrogen (secondary N) is 4. The van der Waals surface area contributed by atoms with Gasteiger partial charge in [0.2, 0.25) is 11.8 Å². The number of rotatable bonds is 16. The molecule has 0 fully saturated rings. The van der Waals surface area contributed by atoms with Crippen molar-refractivity contribution in [2.75, 3.05) is 0 Å². The topological polar surface area (TPSA) is 175 Å². The molecule has 0 heterocycles. The molecule has 274 valence electrons. The molecule has 0 radical (unpaired) electrons. The quantitative estimate of drug-likeness (QED) is 0.101. The second-order valence-electron chi connectivity index (χ2n) is 12.7. The molecule has 4 aromatic carbocycles. The van der Waals surface area contributed by atoms with Gasteiger partial charge >= 0.3 is 12.2 Å². The van der Waals surface area contributed by atoms with Gasteiger partial charge in [-0.2, -0.15) is 0 Å². The number of para-hydroxylation sites is 2. The smallest absolute Gasteiger partial charge is 0.410 e. The van der Waals surface area contributed by atoms with Crippen molar-refractivity contribution in [3.05, 3.63) is 132 Å². The fraction of sp³-hybridized carbons (Fsp3) is 0.300. The lowest BCUT2D eigenvalue weighted by Crippen LogP contribution is -2.61. The van der Waals surface area contributed by atoms with Crippen LogP contribution in [0.2, 0.25) is 0 Å². The summed E-state index contributed by atoms with van der Waals surface area (Å²) in [6.45, 7) is 4.93. The first kappa shape index (κ1) is 39.1. The summed E-state index contributed by atoms with van der Waals surface area (Å²) in [6, 6.07) is 30.8. The molecule has 0 saturated carbocycles. The Kier molecular flexibility index (Phi) is 14.7. The molecule has 0 aliphatic carbocycles. The van der Waals surface area contributed by atoms with Gasteiger partial charge in [0.1, 0.15) is 35.8 Å². The Bertz CT molecular complexity index is 1710. The van der Waals surface area contributed by atoms with Gasteiger partial charge in [0, 0.05) is 0 Å². The maximum atomic E-state index is 13.9. The predicted octanol–water partition coefficient (Wildman–Crippen LogP) is 4.15. The maximum absolute atomic E-state index is 13.9. The molecular formula is C40H46N4O8.